The van der Waals surface area contributed by atoms with Crippen molar-refractivity contribution in [2.45, 2.75) is 26.7 Å². The third-order valence-electron chi connectivity index (χ3n) is 4.16. The van der Waals surface area contributed by atoms with Gasteiger partial charge >= 0.3 is 0 Å². The Balaban J connectivity index is 0.00000100. The molecule has 0 bridgehead atoms. The fraction of sp³-hybridized carbons (Fsp3) is 0.217. The van der Waals surface area contributed by atoms with Crippen molar-refractivity contribution in [1.82, 2.24) is 0 Å². The molecule has 3 rings (SSSR count). The van der Waals surface area contributed by atoms with Crippen molar-refractivity contribution >= 4 is 0 Å². The lowest BCUT2D eigenvalue weighted by atomic mass is 9.99. The van der Waals surface area contributed by atoms with Gasteiger partial charge in [0.2, 0.25) is 0 Å². The number of rotatable bonds is 4. The Morgan fingerprint density at radius 2 is 0.792 bits per heavy atom. The monoisotopic (exact) mass is 320 g/mol. The molecule has 1 heteroatoms. The maximum Gasteiger partial charge on any atom is 0.0785 e. The van der Waals surface area contributed by atoms with Crippen LogP contribution in [-0.4, -0.2) is 7.18 Å². The zero-order chi connectivity index (χ0) is 17.4. The highest BCUT2D eigenvalue weighted by atomic mass is 19.1. The van der Waals surface area contributed by atoms with Crippen molar-refractivity contribution in [3.05, 3.63) is 95.1 Å². The third-order valence-corrected chi connectivity index (χ3v) is 4.16. The smallest absolute Gasteiger partial charge is 0.0785 e. The Hall–Kier alpha value is -2.41. The van der Waals surface area contributed by atoms with Gasteiger partial charge in [-0.1, -0.05) is 83.9 Å². The Kier molecular flexibility index (Phi) is 6.74. The molecule has 0 saturated carbocycles. The van der Waals surface area contributed by atoms with Crippen LogP contribution in [0.2, 0.25) is 0 Å². The van der Waals surface area contributed by atoms with E-state index in [0.717, 1.165) is 12.8 Å². The van der Waals surface area contributed by atoms with Gasteiger partial charge in [0.1, 0.15) is 0 Å². The molecule has 0 aromatic heterocycles. The molecule has 0 nitrogen and oxygen atoms in total. The second-order valence-electron chi connectivity index (χ2n) is 6.05. The maximum absolute atomic E-state index is 9.50. The minimum atomic E-state index is 0.500. The van der Waals surface area contributed by atoms with Gasteiger partial charge in [-0.15, -0.1) is 0 Å². The molecule has 0 fully saturated rings. The van der Waals surface area contributed by atoms with E-state index in [1.807, 2.05) is 0 Å². The first-order chi connectivity index (χ1) is 11.7. The lowest BCUT2D eigenvalue weighted by Gasteiger charge is -2.06. The fourth-order valence-corrected chi connectivity index (χ4v) is 2.65. The van der Waals surface area contributed by atoms with Crippen LogP contribution in [0.25, 0.3) is 11.1 Å². The summed E-state index contributed by atoms with van der Waals surface area (Å²) in [5.41, 5.74) is 8.02. The zero-order valence-electron chi connectivity index (χ0n) is 14.7. The fourth-order valence-electron chi connectivity index (χ4n) is 2.65. The molecule has 3 aromatic carbocycles. The normalized spacial score (nSPS) is 10.0. The summed E-state index contributed by atoms with van der Waals surface area (Å²) in [5, 5.41) is 0. The predicted octanol–water partition coefficient (Wildman–Crippen LogP) is 6.34. The van der Waals surface area contributed by atoms with Gasteiger partial charge in [0.05, 0.1) is 7.18 Å². The average Bonchev–Trinajstić information content (AvgIpc) is 2.64. The first-order valence-corrected chi connectivity index (χ1v) is 8.30. The molecule has 0 atom stereocenters. The van der Waals surface area contributed by atoms with E-state index in [9.17, 15) is 4.39 Å². The lowest BCUT2D eigenvalue weighted by molar-refractivity contribution is 0.636. The van der Waals surface area contributed by atoms with E-state index >= 15 is 0 Å². The molecular formula is C23H25F. The van der Waals surface area contributed by atoms with Gasteiger partial charge in [0, 0.05) is 0 Å². The average molecular weight is 320 g/mol. The van der Waals surface area contributed by atoms with Crippen LogP contribution in [0, 0.1) is 13.8 Å². The van der Waals surface area contributed by atoms with Gasteiger partial charge in [0.25, 0.3) is 0 Å². The summed E-state index contributed by atoms with van der Waals surface area (Å²) in [6.07, 6.45) is 2.20. The highest BCUT2D eigenvalue weighted by Gasteiger charge is 1.99. The molecule has 0 aliphatic heterocycles. The minimum absolute atomic E-state index is 0.500. The molecule has 0 amide bonds. The van der Waals surface area contributed by atoms with E-state index in [1.54, 1.807) is 0 Å². The Labute approximate surface area is 145 Å². The Morgan fingerprint density at radius 3 is 1.21 bits per heavy atom. The van der Waals surface area contributed by atoms with Crippen LogP contribution in [0.15, 0.2) is 72.8 Å². The number of hydrogen-bond donors (Lipinski definition) is 0. The summed E-state index contributed by atoms with van der Waals surface area (Å²) in [6.45, 7) is 4.26. The molecule has 0 heterocycles. The molecule has 0 aliphatic rings. The third kappa shape index (κ3) is 5.06. The highest BCUT2D eigenvalue weighted by Crippen LogP contribution is 2.20. The molecule has 0 spiro atoms. The van der Waals surface area contributed by atoms with Crippen molar-refractivity contribution < 1.29 is 4.39 Å². The Bertz CT molecular complexity index is 722. The van der Waals surface area contributed by atoms with E-state index in [-0.39, 0.29) is 0 Å². The predicted molar refractivity (Wildman–Crippen MR) is 102 cm³/mol. The second kappa shape index (κ2) is 9.02. The van der Waals surface area contributed by atoms with Crippen molar-refractivity contribution in [3.8, 4) is 11.1 Å². The van der Waals surface area contributed by atoms with Gasteiger partial charge in [-0.2, -0.15) is 0 Å². The van der Waals surface area contributed by atoms with E-state index in [1.165, 1.54) is 33.4 Å². The first-order valence-electron chi connectivity index (χ1n) is 8.30. The molecule has 0 N–H and O–H groups in total. The van der Waals surface area contributed by atoms with Crippen LogP contribution in [-0.2, 0) is 12.8 Å². The number of hydrogen-bond acceptors (Lipinski definition) is 0. The molecule has 3 aromatic rings. The molecule has 124 valence electrons. The second-order valence-corrected chi connectivity index (χ2v) is 6.05. The first kappa shape index (κ1) is 17.9. The summed E-state index contributed by atoms with van der Waals surface area (Å²) in [6, 6.07) is 26.5. The highest BCUT2D eigenvalue weighted by molar-refractivity contribution is 5.63. The van der Waals surface area contributed by atoms with Crippen LogP contribution in [0.1, 0.15) is 22.3 Å². The van der Waals surface area contributed by atoms with E-state index < -0.39 is 0 Å². The van der Waals surface area contributed by atoms with Gasteiger partial charge in [-0.05, 0) is 48.9 Å². The standard InChI is InChI=1S/C22H22.CH3F/c1-17-3-7-19(8-4-17)9-10-20-11-15-22(16-12-20)21-13-5-18(2)6-14-21;1-2/h3-8,11-16H,9-10H2,1-2H3;1H3. The summed E-state index contributed by atoms with van der Waals surface area (Å²) in [5.74, 6) is 0. The van der Waals surface area contributed by atoms with Crippen molar-refractivity contribution in [1.29, 1.82) is 0 Å². The quantitative estimate of drug-likeness (QED) is 0.526. The van der Waals surface area contributed by atoms with Crippen molar-refractivity contribution in [3.63, 3.8) is 0 Å². The summed E-state index contributed by atoms with van der Waals surface area (Å²) in [7, 11) is 0.500. The topological polar surface area (TPSA) is 0 Å². The van der Waals surface area contributed by atoms with E-state index in [0.29, 0.717) is 7.18 Å². The molecule has 24 heavy (non-hydrogen) atoms. The largest absolute Gasteiger partial charge is 0.255 e. The number of alkyl halides is 1. The van der Waals surface area contributed by atoms with Crippen LogP contribution < -0.4 is 0 Å². The molecule has 0 unspecified atom stereocenters. The van der Waals surface area contributed by atoms with Gasteiger partial charge < -0.3 is 0 Å². The number of halogens is 1. The molecule has 0 saturated heterocycles. The minimum Gasteiger partial charge on any atom is -0.255 e. The van der Waals surface area contributed by atoms with Crippen LogP contribution >= 0.6 is 0 Å². The summed E-state index contributed by atoms with van der Waals surface area (Å²) >= 11 is 0. The molecule has 0 aliphatic carbocycles. The number of benzene rings is 3. The van der Waals surface area contributed by atoms with E-state index in [4.69, 9.17) is 0 Å². The van der Waals surface area contributed by atoms with Crippen LogP contribution in [0.5, 0.6) is 0 Å². The van der Waals surface area contributed by atoms with Crippen LogP contribution in [0.4, 0.5) is 4.39 Å². The van der Waals surface area contributed by atoms with Crippen molar-refractivity contribution in [2.75, 3.05) is 7.18 Å². The molecular weight excluding hydrogens is 295 g/mol. The summed E-state index contributed by atoms with van der Waals surface area (Å²) < 4.78 is 9.50. The van der Waals surface area contributed by atoms with Gasteiger partial charge in [0.15, 0.2) is 0 Å². The SMILES string of the molecule is CF.Cc1ccc(CCc2ccc(-c3ccc(C)cc3)cc2)cc1. The maximum atomic E-state index is 9.50. The summed E-state index contributed by atoms with van der Waals surface area (Å²) in [4.78, 5) is 0. The Morgan fingerprint density at radius 1 is 0.500 bits per heavy atom. The number of aryl methyl sites for hydroxylation is 4. The van der Waals surface area contributed by atoms with E-state index in [2.05, 4.69) is 86.6 Å². The van der Waals surface area contributed by atoms with Gasteiger partial charge in [-0.3, -0.25) is 4.39 Å². The van der Waals surface area contributed by atoms with Crippen molar-refractivity contribution in [2.24, 2.45) is 0 Å². The lowest BCUT2D eigenvalue weighted by Crippen LogP contribution is -1.91. The molecule has 0 radical (unpaired) electrons. The van der Waals surface area contributed by atoms with Crippen LogP contribution in [0.3, 0.4) is 0 Å². The van der Waals surface area contributed by atoms with Gasteiger partial charge in [-0.25, -0.2) is 0 Å². The zero-order valence-corrected chi connectivity index (χ0v) is 14.7.